The first-order valence-corrected chi connectivity index (χ1v) is 6.93. The smallest absolute Gasteiger partial charge is 0.142 e. The first kappa shape index (κ1) is 16.7. The molecule has 0 atom stereocenters. The van der Waals surface area contributed by atoms with Crippen molar-refractivity contribution in [3.63, 3.8) is 0 Å². The van der Waals surface area contributed by atoms with E-state index in [4.69, 9.17) is 22.5 Å². The molecule has 4 nitrogen and oxygen atoms in total. The van der Waals surface area contributed by atoms with Gasteiger partial charge in [-0.2, -0.15) is 0 Å². The van der Waals surface area contributed by atoms with Crippen LogP contribution in [0.1, 0.15) is 25.8 Å². The summed E-state index contributed by atoms with van der Waals surface area (Å²) in [4.78, 5) is 2.11. The summed E-state index contributed by atoms with van der Waals surface area (Å²) in [5.41, 5.74) is 6.23. The van der Waals surface area contributed by atoms with Crippen molar-refractivity contribution in [2.45, 2.75) is 26.8 Å². The van der Waals surface area contributed by atoms with Crippen LogP contribution in [0.15, 0.2) is 23.4 Å². The lowest BCUT2D eigenvalue weighted by Crippen LogP contribution is -2.31. The Morgan fingerprint density at radius 1 is 1.50 bits per heavy atom. The van der Waals surface area contributed by atoms with Gasteiger partial charge in [-0.3, -0.25) is 4.90 Å². The van der Waals surface area contributed by atoms with Gasteiger partial charge in [0, 0.05) is 26.1 Å². The Balaban J connectivity index is 2.75. The summed E-state index contributed by atoms with van der Waals surface area (Å²) in [6, 6.07) is 4.80. The van der Waals surface area contributed by atoms with Gasteiger partial charge in [-0.05, 0) is 17.5 Å². The molecule has 3 N–H and O–H groups in total. The molecule has 0 saturated heterocycles. The van der Waals surface area contributed by atoms with Crippen LogP contribution in [0.5, 0.6) is 0 Å². The average Bonchev–Trinajstić information content (AvgIpc) is 2.40. The average molecular weight is 302 g/mol. The monoisotopic (exact) mass is 301 g/mol. The van der Waals surface area contributed by atoms with Crippen LogP contribution in [0, 0.1) is 11.7 Å². The minimum absolute atomic E-state index is 0.157. The number of amidine groups is 1. The molecule has 20 heavy (non-hydrogen) atoms. The molecule has 0 aliphatic carbocycles. The fourth-order valence-corrected chi connectivity index (χ4v) is 2.17. The lowest BCUT2D eigenvalue weighted by molar-refractivity contribution is 0.240. The van der Waals surface area contributed by atoms with Gasteiger partial charge in [0.15, 0.2) is 0 Å². The second-order valence-corrected chi connectivity index (χ2v) is 5.56. The third kappa shape index (κ3) is 5.35. The molecule has 0 aliphatic heterocycles. The molecule has 0 amide bonds. The van der Waals surface area contributed by atoms with Crippen molar-refractivity contribution >= 4 is 17.4 Å². The highest BCUT2D eigenvalue weighted by molar-refractivity contribution is 6.31. The third-order valence-corrected chi connectivity index (χ3v) is 3.28. The Hall–Kier alpha value is -1.33. The molecule has 1 rings (SSSR count). The molecule has 0 bridgehead atoms. The van der Waals surface area contributed by atoms with Crippen molar-refractivity contribution < 1.29 is 9.60 Å². The molecule has 0 heterocycles. The number of benzene rings is 1. The molecule has 0 spiro atoms. The topological polar surface area (TPSA) is 61.8 Å². The number of hydrogen-bond donors (Lipinski definition) is 2. The zero-order chi connectivity index (χ0) is 15.1. The fraction of sp³-hybridized carbons (Fsp3) is 0.500. The molecule has 0 aromatic heterocycles. The maximum Gasteiger partial charge on any atom is 0.142 e. The highest BCUT2D eigenvalue weighted by Gasteiger charge is 2.13. The second-order valence-electron chi connectivity index (χ2n) is 5.18. The third-order valence-electron chi connectivity index (χ3n) is 2.86. The van der Waals surface area contributed by atoms with Gasteiger partial charge in [-0.25, -0.2) is 4.39 Å². The van der Waals surface area contributed by atoms with Crippen LogP contribution < -0.4 is 5.73 Å². The SMILES string of the molecule is CC(C)CN(CC/C(N)=N/O)Cc1cccc(F)c1Cl. The van der Waals surface area contributed by atoms with Gasteiger partial charge in [-0.15, -0.1) is 0 Å². The second kappa shape index (κ2) is 8.07. The first-order valence-electron chi connectivity index (χ1n) is 6.55. The van der Waals surface area contributed by atoms with Crippen LogP contribution in [-0.4, -0.2) is 29.0 Å². The minimum Gasteiger partial charge on any atom is -0.409 e. The van der Waals surface area contributed by atoms with Crippen molar-refractivity contribution in [1.82, 2.24) is 4.90 Å². The van der Waals surface area contributed by atoms with E-state index < -0.39 is 5.82 Å². The van der Waals surface area contributed by atoms with Crippen molar-refractivity contribution in [1.29, 1.82) is 0 Å². The molecule has 0 saturated carbocycles. The normalized spacial score (nSPS) is 12.4. The van der Waals surface area contributed by atoms with Crippen molar-refractivity contribution in [2.24, 2.45) is 16.8 Å². The number of nitrogens with zero attached hydrogens (tertiary/aromatic N) is 2. The van der Waals surface area contributed by atoms with Crippen LogP contribution in [0.4, 0.5) is 4.39 Å². The molecular formula is C14H21ClFN3O. The summed E-state index contributed by atoms with van der Waals surface area (Å²) in [6.45, 7) is 6.19. The molecule has 0 aliphatic rings. The van der Waals surface area contributed by atoms with Crippen LogP contribution in [0.3, 0.4) is 0 Å². The lowest BCUT2D eigenvalue weighted by Gasteiger charge is -2.24. The van der Waals surface area contributed by atoms with Crippen molar-refractivity contribution in [3.8, 4) is 0 Å². The van der Waals surface area contributed by atoms with Gasteiger partial charge in [0.2, 0.25) is 0 Å². The van der Waals surface area contributed by atoms with Gasteiger partial charge in [-0.1, -0.05) is 42.7 Å². The van der Waals surface area contributed by atoms with E-state index in [-0.39, 0.29) is 10.9 Å². The molecule has 0 fully saturated rings. The number of rotatable bonds is 7. The van der Waals surface area contributed by atoms with Crippen LogP contribution in [0.25, 0.3) is 0 Å². The van der Waals surface area contributed by atoms with Crippen LogP contribution in [0.2, 0.25) is 5.02 Å². The van der Waals surface area contributed by atoms with Crippen molar-refractivity contribution in [3.05, 3.63) is 34.6 Å². The number of halogens is 2. The molecule has 1 aromatic carbocycles. The predicted molar refractivity (Wildman–Crippen MR) is 79.6 cm³/mol. The van der Waals surface area contributed by atoms with Crippen LogP contribution >= 0.6 is 11.6 Å². The zero-order valence-corrected chi connectivity index (χ0v) is 12.6. The Kier molecular flexibility index (Phi) is 6.75. The highest BCUT2D eigenvalue weighted by atomic mass is 35.5. The summed E-state index contributed by atoms with van der Waals surface area (Å²) in [7, 11) is 0. The molecule has 0 unspecified atom stereocenters. The van der Waals surface area contributed by atoms with Gasteiger partial charge in [0.1, 0.15) is 11.7 Å². The van der Waals surface area contributed by atoms with Gasteiger partial charge in [0.05, 0.1) is 5.02 Å². The van der Waals surface area contributed by atoms with E-state index in [0.717, 1.165) is 12.1 Å². The minimum atomic E-state index is -0.412. The number of oxime groups is 1. The number of nitrogens with two attached hydrogens (primary N) is 1. The molecular weight excluding hydrogens is 281 g/mol. The Morgan fingerprint density at radius 3 is 2.80 bits per heavy atom. The van der Waals surface area contributed by atoms with E-state index in [1.54, 1.807) is 6.07 Å². The van der Waals surface area contributed by atoms with Crippen molar-refractivity contribution in [2.75, 3.05) is 13.1 Å². The van der Waals surface area contributed by atoms with Gasteiger partial charge >= 0.3 is 0 Å². The molecule has 1 aromatic rings. The first-order chi connectivity index (χ1) is 9.43. The maximum absolute atomic E-state index is 13.4. The summed E-state index contributed by atoms with van der Waals surface area (Å²) >= 11 is 5.97. The number of hydrogen-bond acceptors (Lipinski definition) is 3. The Bertz CT molecular complexity index is 466. The van der Waals surface area contributed by atoms with E-state index in [9.17, 15) is 4.39 Å². The predicted octanol–water partition coefficient (Wildman–Crippen LogP) is 3.07. The zero-order valence-electron chi connectivity index (χ0n) is 11.8. The Labute approximate surface area is 124 Å². The lowest BCUT2D eigenvalue weighted by atomic mass is 10.1. The highest BCUT2D eigenvalue weighted by Crippen LogP contribution is 2.21. The van der Waals surface area contributed by atoms with E-state index >= 15 is 0 Å². The van der Waals surface area contributed by atoms with E-state index in [2.05, 4.69) is 23.9 Å². The molecule has 6 heteroatoms. The maximum atomic E-state index is 13.4. The van der Waals surface area contributed by atoms with Gasteiger partial charge < -0.3 is 10.9 Å². The standard InChI is InChI=1S/C14H21ClFN3O/c1-10(2)8-19(7-6-13(17)18-20)9-11-4-3-5-12(16)14(11)15/h3-5,10,20H,6-9H2,1-2H3,(H2,17,18). The summed E-state index contributed by atoms with van der Waals surface area (Å²) in [5.74, 6) is 0.226. The molecule has 0 radical (unpaired) electrons. The van der Waals surface area contributed by atoms with E-state index in [0.29, 0.717) is 25.4 Å². The Morgan fingerprint density at radius 2 is 2.20 bits per heavy atom. The van der Waals surface area contributed by atoms with Gasteiger partial charge in [0.25, 0.3) is 0 Å². The summed E-state index contributed by atoms with van der Waals surface area (Å²) in [6.07, 6.45) is 0.455. The van der Waals surface area contributed by atoms with E-state index in [1.807, 2.05) is 6.07 Å². The fourth-order valence-electron chi connectivity index (χ4n) is 1.99. The van der Waals surface area contributed by atoms with E-state index in [1.165, 1.54) is 6.07 Å². The summed E-state index contributed by atoms with van der Waals surface area (Å²) in [5, 5.41) is 11.7. The molecule has 112 valence electrons. The summed E-state index contributed by atoms with van der Waals surface area (Å²) < 4.78 is 13.4. The van der Waals surface area contributed by atoms with Crippen LogP contribution in [-0.2, 0) is 6.54 Å². The quantitative estimate of drug-likeness (QED) is 0.352. The largest absolute Gasteiger partial charge is 0.409 e.